The lowest BCUT2D eigenvalue weighted by atomic mass is 10.2. The van der Waals surface area contributed by atoms with Crippen LogP contribution in [-0.2, 0) is 14.3 Å². The van der Waals surface area contributed by atoms with Crippen LogP contribution in [0.25, 0.3) is 0 Å². The second-order valence-electron chi connectivity index (χ2n) is 5.29. The molecular formula is C15H16N2O5. The number of ether oxygens (including phenoxy) is 1. The van der Waals surface area contributed by atoms with Crippen molar-refractivity contribution in [3.63, 3.8) is 0 Å². The van der Waals surface area contributed by atoms with Gasteiger partial charge < -0.3 is 9.84 Å². The largest absolute Gasteiger partial charge is 0.478 e. The van der Waals surface area contributed by atoms with Gasteiger partial charge in [0.05, 0.1) is 36.9 Å². The topological polar surface area (TPSA) is 87.2 Å². The van der Waals surface area contributed by atoms with Crippen LogP contribution < -0.4 is 4.90 Å². The van der Waals surface area contributed by atoms with Gasteiger partial charge in [0.15, 0.2) is 0 Å². The highest BCUT2D eigenvalue weighted by atomic mass is 16.5. The third kappa shape index (κ3) is 2.60. The second-order valence-corrected chi connectivity index (χ2v) is 5.29. The van der Waals surface area contributed by atoms with Gasteiger partial charge in [-0.15, -0.1) is 0 Å². The van der Waals surface area contributed by atoms with Crippen LogP contribution >= 0.6 is 0 Å². The fourth-order valence-corrected chi connectivity index (χ4v) is 2.81. The fraction of sp³-hybridized carbons (Fsp3) is 0.400. The van der Waals surface area contributed by atoms with E-state index in [-0.39, 0.29) is 23.8 Å². The molecular weight excluding hydrogens is 288 g/mol. The van der Waals surface area contributed by atoms with E-state index < -0.39 is 12.0 Å². The summed E-state index contributed by atoms with van der Waals surface area (Å²) in [5.41, 5.74) is 0.531. The number of nitrogens with zero attached hydrogens (tertiary/aromatic N) is 2. The molecule has 0 bridgehead atoms. The summed E-state index contributed by atoms with van der Waals surface area (Å²) < 4.78 is 5.26. The van der Waals surface area contributed by atoms with E-state index in [1.807, 2.05) is 4.90 Å². The average Bonchev–Trinajstić information content (AvgIpc) is 2.83. The quantitative estimate of drug-likeness (QED) is 0.811. The van der Waals surface area contributed by atoms with E-state index in [1.54, 1.807) is 0 Å². The Balaban J connectivity index is 1.80. The number of carbonyl (C=O) groups excluding carboxylic acids is 2. The van der Waals surface area contributed by atoms with E-state index in [2.05, 4.69) is 0 Å². The van der Waals surface area contributed by atoms with Crippen LogP contribution in [0.4, 0.5) is 5.69 Å². The first-order valence-corrected chi connectivity index (χ1v) is 7.10. The molecule has 1 N–H and O–H groups in total. The number of aromatic carboxylic acids is 1. The monoisotopic (exact) mass is 304 g/mol. The van der Waals surface area contributed by atoms with Crippen molar-refractivity contribution in [2.24, 2.45) is 0 Å². The van der Waals surface area contributed by atoms with E-state index in [9.17, 15) is 14.4 Å². The van der Waals surface area contributed by atoms with E-state index in [0.29, 0.717) is 32.0 Å². The molecule has 3 rings (SSSR count). The Labute approximate surface area is 127 Å². The van der Waals surface area contributed by atoms with Crippen LogP contribution in [-0.4, -0.2) is 60.1 Å². The van der Waals surface area contributed by atoms with Gasteiger partial charge in [-0.2, -0.15) is 0 Å². The molecule has 7 heteroatoms. The van der Waals surface area contributed by atoms with Gasteiger partial charge in [-0.25, -0.2) is 9.69 Å². The summed E-state index contributed by atoms with van der Waals surface area (Å²) >= 11 is 0. The van der Waals surface area contributed by atoms with Crippen LogP contribution in [0.2, 0.25) is 0 Å². The Hall–Kier alpha value is -2.25. The van der Waals surface area contributed by atoms with Gasteiger partial charge in [-0.05, 0) is 24.3 Å². The van der Waals surface area contributed by atoms with Crippen molar-refractivity contribution < 1.29 is 24.2 Å². The molecule has 0 spiro atoms. The summed E-state index contributed by atoms with van der Waals surface area (Å²) in [6, 6.07) is 5.30. The van der Waals surface area contributed by atoms with Gasteiger partial charge in [0.25, 0.3) is 5.91 Å². The zero-order valence-electron chi connectivity index (χ0n) is 11.9. The summed E-state index contributed by atoms with van der Waals surface area (Å²) in [5, 5.41) is 8.89. The smallest absolute Gasteiger partial charge is 0.335 e. The number of imide groups is 1. The molecule has 1 atom stereocenters. The second kappa shape index (κ2) is 5.86. The van der Waals surface area contributed by atoms with Crippen molar-refractivity contribution in [3.8, 4) is 0 Å². The Bertz CT molecular complexity index is 607. The molecule has 22 heavy (non-hydrogen) atoms. The molecule has 0 radical (unpaired) electrons. The molecule has 116 valence electrons. The lowest BCUT2D eigenvalue weighted by molar-refractivity contribution is -0.123. The minimum absolute atomic E-state index is 0.118. The van der Waals surface area contributed by atoms with Crippen LogP contribution in [0.3, 0.4) is 0 Å². The molecule has 0 saturated carbocycles. The summed E-state index contributed by atoms with van der Waals surface area (Å²) in [4.78, 5) is 38.7. The fourth-order valence-electron chi connectivity index (χ4n) is 2.81. The maximum Gasteiger partial charge on any atom is 0.335 e. The minimum atomic E-state index is -1.04. The third-order valence-corrected chi connectivity index (χ3v) is 3.98. The SMILES string of the molecule is O=C(O)c1ccc(N2C(=O)C[C@H](N3CCOCC3)C2=O)cc1. The van der Waals surface area contributed by atoms with E-state index in [0.717, 1.165) is 4.90 Å². The number of anilines is 1. The zero-order valence-corrected chi connectivity index (χ0v) is 11.9. The number of carboxylic acids is 1. The molecule has 2 aliphatic heterocycles. The molecule has 2 fully saturated rings. The molecule has 2 aliphatic rings. The number of benzene rings is 1. The highest BCUT2D eigenvalue weighted by Crippen LogP contribution is 2.26. The molecule has 0 unspecified atom stereocenters. The zero-order chi connectivity index (χ0) is 15.7. The Morgan fingerprint density at radius 2 is 1.77 bits per heavy atom. The predicted molar refractivity (Wildman–Crippen MR) is 76.7 cm³/mol. The number of amides is 2. The lowest BCUT2D eigenvalue weighted by Gasteiger charge is -2.30. The maximum absolute atomic E-state index is 12.5. The van der Waals surface area contributed by atoms with Gasteiger partial charge in [0, 0.05) is 13.1 Å². The molecule has 2 saturated heterocycles. The normalized spacial score (nSPS) is 23.1. The van der Waals surface area contributed by atoms with E-state index in [1.165, 1.54) is 24.3 Å². The summed E-state index contributed by atoms with van der Waals surface area (Å²) in [7, 11) is 0. The van der Waals surface area contributed by atoms with Gasteiger partial charge >= 0.3 is 5.97 Å². The highest BCUT2D eigenvalue weighted by molar-refractivity contribution is 6.22. The summed E-state index contributed by atoms with van der Waals surface area (Å²) in [6.07, 6.45) is 0.152. The molecule has 7 nitrogen and oxygen atoms in total. The van der Waals surface area contributed by atoms with Crippen LogP contribution in [0.1, 0.15) is 16.8 Å². The molecule has 2 heterocycles. The molecule has 1 aromatic carbocycles. The van der Waals surface area contributed by atoms with Crippen LogP contribution in [0.5, 0.6) is 0 Å². The highest BCUT2D eigenvalue weighted by Gasteiger charge is 2.42. The number of rotatable bonds is 3. The van der Waals surface area contributed by atoms with Crippen molar-refractivity contribution in [3.05, 3.63) is 29.8 Å². The minimum Gasteiger partial charge on any atom is -0.478 e. The molecule has 0 aromatic heterocycles. The van der Waals surface area contributed by atoms with Crippen molar-refractivity contribution in [2.75, 3.05) is 31.2 Å². The third-order valence-electron chi connectivity index (χ3n) is 3.98. The summed E-state index contributed by atoms with van der Waals surface area (Å²) in [6.45, 7) is 2.39. The summed E-state index contributed by atoms with van der Waals surface area (Å²) in [5.74, 6) is -1.56. The first-order chi connectivity index (χ1) is 10.6. The number of hydrogen-bond acceptors (Lipinski definition) is 5. The van der Waals surface area contributed by atoms with Crippen LogP contribution in [0, 0.1) is 0 Å². The Kier molecular flexibility index (Phi) is 3.91. The molecule has 2 amide bonds. The van der Waals surface area contributed by atoms with Gasteiger partial charge in [0.1, 0.15) is 0 Å². The number of carboxylic acid groups (broad SMARTS) is 1. The van der Waals surface area contributed by atoms with Crippen molar-refractivity contribution in [2.45, 2.75) is 12.5 Å². The predicted octanol–water partition coefficient (Wildman–Crippen LogP) is 0.349. The Morgan fingerprint density at radius 3 is 2.36 bits per heavy atom. The van der Waals surface area contributed by atoms with E-state index >= 15 is 0 Å². The van der Waals surface area contributed by atoms with Gasteiger partial charge in [0.2, 0.25) is 5.91 Å². The average molecular weight is 304 g/mol. The standard InChI is InChI=1S/C15H16N2O5/c18-13-9-12(16-5-7-22-8-6-16)14(19)17(13)11-3-1-10(2-4-11)15(20)21/h1-4,12H,5-9H2,(H,20,21)/t12-/m0/s1. The van der Waals surface area contributed by atoms with Crippen LogP contribution in [0.15, 0.2) is 24.3 Å². The van der Waals surface area contributed by atoms with E-state index in [4.69, 9.17) is 9.84 Å². The number of hydrogen-bond donors (Lipinski definition) is 1. The first-order valence-electron chi connectivity index (χ1n) is 7.10. The number of carbonyl (C=O) groups is 3. The molecule has 0 aliphatic carbocycles. The first kappa shape index (κ1) is 14.7. The molecule has 1 aromatic rings. The van der Waals surface area contributed by atoms with Crippen molar-refractivity contribution in [1.82, 2.24) is 4.90 Å². The van der Waals surface area contributed by atoms with Gasteiger partial charge in [-0.1, -0.05) is 0 Å². The maximum atomic E-state index is 12.5. The van der Waals surface area contributed by atoms with Crippen molar-refractivity contribution >= 4 is 23.5 Å². The van der Waals surface area contributed by atoms with Gasteiger partial charge in [-0.3, -0.25) is 14.5 Å². The number of morpholine rings is 1. The van der Waals surface area contributed by atoms with Crippen molar-refractivity contribution in [1.29, 1.82) is 0 Å². The Morgan fingerprint density at radius 1 is 1.14 bits per heavy atom. The lowest BCUT2D eigenvalue weighted by Crippen LogP contribution is -2.47.